The molecule has 62 heavy (non-hydrogen) atoms. The molecule has 1 saturated carbocycles. The molecule has 0 aromatic heterocycles. The lowest BCUT2D eigenvalue weighted by Crippen LogP contribution is -2.64. The minimum Gasteiger partial charge on any atom is -0.462 e. The fraction of sp³-hybridized carbons (Fsp3) is 0.745. The maximum Gasteiger partial charge on any atom is 0.472 e. The molecule has 1 aliphatic carbocycles. The van der Waals surface area contributed by atoms with Gasteiger partial charge in [0, 0.05) is 12.8 Å². The molecule has 7 atom stereocenters. The Balaban J connectivity index is 2.52. The third-order valence-corrected chi connectivity index (χ3v) is 11.5. The average molecular weight is 901 g/mol. The van der Waals surface area contributed by atoms with Gasteiger partial charge < -0.3 is 45.0 Å². The Morgan fingerprint density at radius 1 is 0.565 bits per heavy atom. The van der Waals surface area contributed by atoms with Crippen molar-refractivity contribution in [1.29, 1.82) is 0 Å². The molecule has 15 heteroatoms. The van der Waals surface area contributed by atoms with E-state index in [0.717, 1.165) is 77.0 Å². The maximum atomic E-state index is 12.8. The lowest BCUT2D eigenvalue weighted by Gasteiger charge is -2.41. The summed E-state index contributed by atoms with van der Waals surface area (Å²) in [4.78, 5) is 35.7. The zero-order chi connectivity index (χ0) is 45.9. The van der Waals surface area contributed by atoms with Gasteiger partial charge in [0.15, 0.2) is 6.10 Å². The summed E-state index contributed by atoms with van der Waals surface area (Å²) in [7, 11) is -5.14. The number of rotatable bonds is 37. The highest BCUT2D eigenvalue weighted by Gasteiger charge is 2.51. The largest absolute Gasteiger partial charge is 0.472 e. The summed E-state index contributed by atoms with van der Waals surface area (Å²) in [5.74, 6) is -1.20. The van der Waals surface area contributed by atoms with Crippen molar-refractivity contribution in [3.05, 3.63) is 60.8 Å². The number of carbonyl (C=O) groups excluding carboxylic acids is 2. The quantitative estimate of drug-likeness (QED) is 0.0136. The van der Waals surface area contributed by atoms with E-state index in [4.69, 9.17) is 18.5 Å². The van der Waals surface area contributed by atoms with Crippen molar-refractivity contribution in [2.24, 2.45) is 0 Å². The van der Waals surface area contributed by atoms with Gasteiger partial charge in [-0.15, -0.1) is 0 Å². The van der Waals surface area contributed by atoms with E-state index in [0.29, 0.717) is 19.3 Å². The van der Waals surface area contributed by atoms with Crippen LogP contribution in [0, 0.1) is 0 Å². The van der Waals surface area contributed by atoms with E-state index in [2.05, 4.69) is 49.5 Å². The lowest BCUT2D eigenvalue weighted by atomic mass is 9.85. The predicted octanol–water partition coefficient (Wildman–Crippen LogP) is 7.92. The van der Waals surface area contributed by atoms with Gasteiger partial charge in [0.05, 0.1) is 12.7 Å². The maximum absolute atomic E-state index is 12.8. The number of ether oxygens (including phenoxy) is 2. The van der Waals surface area contributed by atoms with Crippen LogP contribution in [0.1, 0.15) is 162 Å². The van der Waals surface area contributed by atoms with Gasteiger partial charge in [-0.05, 0) is 83.5 Å². The highest BCUT2D eigenvalue weighted by Crippen LogP contribution is 2.47. The number of esters is 2. The second-order valence-corrected chi connectivity index (χ2v) is 17.4. The van der Waals surface area contributed by atoms with Gasteiger partial charge in [0.1, 0.15) is 43.2 Å². The lowest BCUT2D eigenvalue weighted by molar-refractivity contribution is -0.220. The molecule has 7 N–H and O–H groups in total. The molecule has 14 nitrogen and oxygen atoms in total. The average Bonchev–Trinajstić information content (AvgIpc) is 3.25. The van der Waals surface area contributed by atoms with Crippen molar-refractivity contribution in [3.8, 4) is 0 Å². The fourth-order valence-corrected chi connectivity index (χ4v) is 7.52. The first-order valence-electron chi connectivity index (χ1n) is 23.2. The Morgan fingerprint density at radius 2 is 1.02 bits per heavy atom. The molecule has 1 fully saturated rings. The number of unbranched alkanes of at least 4 members (excludes halogenated alkanes) is 12. The number of phosphoric ester groups is 1. The number of carbonyl (C=O) groups is 2. The van der Waals surface area contributed by atoms with Gasteiger partial charge in [-0.3, -0.25) is 18.6 Å². The van der Waals surface area contributed by atoms with Gasteiger partial charge in [-0.25, -0.2) is 4.57 Å². The van der Waals surface area contributed by atoms with Crippen LogP contribution in [0.25, 0.3) is 0 Å². The molecule has 1 aliphatic rings. The van der Waals surface area contributed by atoms with Crippen molar-refractivity contribution in [2.75, 3.05) is 13.2 Å². The minimum absolute atomic E-state index is 0.00379. The fourth-order valence-electron chi connectivity index (χ4n) is 6.55. The Bertz CT molecular complexity index is 1330. The molecule has 1 rings (SSSR count). The molecule has 0 saturated heterocycles. The normalized spacial score (nSPS) is 22.9. The molecule has 0 radical (unpaired) electrons. The summed E-state index contributed by atoms with van der Waals surface area (Å²) in [6.07, 6.45) is 27.9. The van der Waals surface area contributed by atoms with Gasteiger partial charge in [0.2, 0.25) is 0 Å². The molecule has 7 unspecified atom stereocenters. The summed E-state index contributed by atoms with van der Waals surface area (Å²) >= 11 is 0. The van der Waals surface area contributed by atoms with E-state index >= 15 is 0 Å². The Labute approximate surface area is 371 Å². The molecule has 0 bridgehead atoms. The smallest absolute Gasteiger partial charge is 0.462 e. The minimum atomic E-state index is -5.14. The molecular weight excluding hydrogens is 819 g/mol. The standard InChI is InChI=1S/C47H81O14P/c1-3-5-6-7-8-9-10-11-12-16-19-22-25-28-31-34-40(49)58-36-39(37-59-62(56,57)61-47-45(54)43(52)42(51)44(53)46(47)55)60-41(50)35-32-29-26-23-20-17-14-13-15-18-21-24-27-30-33-38(48)4-2/h11-12,14-15,17-18,23-24,26-27,38-39,42-48,51-55H,3-10,13,16,19-22,25,28-37H2,1-2H3,(H,56,57)/b12-11-,17-14-,18-15-,26-23-,27-24-. The monoisotopic (exact) mass is 901 g/mol. The Kier molecular flexibility index (Phi) is 34.2. The molecule has 0 aliphatic heterocycles. The van der Waals surface area contributed by atoms with Crippen LogP contribution in [0.5, 0.6) is 0 Å². The molecule has 0 aromatic carbocycles. The number of aliphatic hydroxyl groups is 6. The van der Waals surface area contributed by atoms with Crippen LogP contribution in [0.4, 0.5) is 0 Å². The third-order valence-electron chi connectivity index (χ3n) is 10.5. The van der Waals surface area contributed by atoms with Crippen LogP contribution in [-0.2, 0) is 32.7 Å². The van der Waals surface area contributed by atoms with Crippen LogP contribution in [0.2, 0.25) is 0 Å². The summed E-state index contributed by atoms with van der Waals surface area (Å²) in [5.41, 5.74) is 0. The van der Waals surface area contributed by atoms with E-state index in [1.165, 1.54) is 38.5 Å². The first kappa shape index (κ1) is 57.5. The summed E-state index contributed by atoms with van der Waals surface area (Å²) in [6, 6.07) is 0. The van der Waals surface area contributed by atoms with Gasteiger partial charge in [-0.1, -0.05) is 126 Å². The molecular formula is C47H81O14P. The predicted molar refractivity (Wildman–Crippen MR) is 241 cm³/mol. The van der Waals surface area contributed by atoms with Crippen LogP contribution < -0.4 is 0 Å². The molecule has 0 heterocycles. The van der Waals surface area contributed by atoms with Gasteiger partial charge >= 0.3 is 19.8 Å². The Hall–Kier alpha value is -2.49. The van der Waals surface area contributed by atoms with E-state index in [1.54, 1.807) is 0 Å². The SMILES string of the molecule is CCCCCCCC/C=C\CCCCCCCC(=O)OCC(COP(=O)(O)OC1C(O)C(O)C(O)C(O)C1O)OC(=O)CCC/C=C\C/C=C\C/C=C\C/C=C\CCC(O)CC. The van der Waals surface area contributed by atoms with Gasteiger partial charge in [0.25, 0.3) is 0 Å². The zero-order valence-electron chi connectivity index (χ0n) is 37.5. The van der Waals surface area contributed by atoms with Crippen LogP contribution in [0.15, 0.2) is 60.8 Å². The number of hydrogen-bond acceptors (Lipinski definition) is 13. The van der Waals surface area contributed by atoms with Crippen molar-refractivity contribution in [2.45, 2.75) is 210 Å². The third kappa shape index (κ3) is 29.1. The first-order valence-corrected chi connectivity index (χ1v) is 24.7. The number of allylic oxidation sites excluding steroid dienone is 10. The zero-order valence-corrected chi connectivity index (χ0v) is 38.4. The topological polar surface area (TPSA) is 230 Å². The van der Waals surface area contributed by atoms with Crippen molar-refractivity contribution in [3.63, 3.8) is 0 Å². The number of hydrogen-bond donors (Lipinski definition) is 7. The van der Waals surface area contributed by atoms with E-state index in [-0.39, 0.29) is 18.9 Å². The van der Waals surface area contributed by atoms with Crippen molar-refractivity contribution >= 4 is 19.8 Å². The van der Waals surface area contributed by atoms with Crippen LogP contribution in [0.3, 0.4) is 0 Å². The van der Waals surface area contributed by atoms with Crippen molar-refractivity contribution in [1.82, 2.24) is 0 Å². The van der Waals surface area contributed by atoms with Gasteiger partial charge in [-0.2, -0.15) is 0 Å². The highest BCUT2D eigenvalue weighted by atomic mass is 31.2. The summed E-state index contributed by atoms with van der Waals surface area (Å²) < 4.78 is 33.4. The van der Waals surface area contributed by atoms with Crippen LogP contribution >= 0.6 is 7.82 Å². The first-order chi connectivity index (χ1) is 29.8. The van der Waals surface area contributed by atoms with Crippen LogP contribution in [-0.4, -0.2) is 110 Å². The summed E-state index contributed by atoms with van der Waals surface area (Å²) in [5, 5.41) is 59.7. The Morgan fingerprint density at radius 3 is 1.58 bits per heavy atom. The van der Waals surface area contributed by atoms with Crippen molar-refractivity contribution < 1.29 is 68.2 Å². The molecule has 0 spiro atoms. The number of phosphoric acid groups is 1. The van der Waals surface area contributed by atoms with E-state index in [1.807, 2.05) is 25.2 Å². The molecule has 0 amide bonds. The second-order valence-electron chi connectivity index (χ2n) is 16.0. The summed E-state index contributed by atoms with van der Waals surface area (Å²) in [6.45, 7) is 2.95. The molecule has 358 valence electrons. The van der Waals surface area contributed by atoms with E-state index < -0.39 is 75.7 Å². The van der Waals surface area contributed by atoms with E-state index in [9.17, 15) is 49.7 Å². The molecule has 0 aromatic rings. The second kappa shape index (κ2) is 36.8. The highest BCUT2D eigenvalue weighted by molar-refractivity contribution is 7.47. The number of aliphatic hydroxyl groups excluding tert-OH is 6.